The van der Waals surface area contributed by atoms with E-state index in [1.54, 1.807) is 9.80 Å². The van der Waals surface area contributed by atoms with Gasteiger partial charge in [0.2, 0.25) is 11.8 Å². The van der Waals surface area contributed by atoms with Crippen LogP contribution in [-0.4, -0.2) is 111 Å². The summed E-state index contributed by atoms with van der Waals surface area (Å²) in [4.78, 5) is 43.4. The van der Waals surface area contributed by atoms with Crippen molar-refractivity contribution < 1.29 is 33.2 Å². The molecule has 0 unspecified atom stereocenters. The number of nitrogens with zero attached hydrogens (tertiary/aromatic N) is 2. The van der Waals surface area contributed by atoms with E-state index in [4.69, 9.17) is 18.8 Å². The van der Waals surface area contributed by atoms with Gasteiger partial charge in [-0.15, -0.1) is 0 Å². The maximum atomic E-state index is 13.8. The van der Waals surface area contributed by atoms with Crippen LogP contribution in [-0.2, 0) is 34.8 Å². The molecule has 4 amide bonds. The van der Waals surface area contributed by atoms with E-state index in [1.165, 1.54) is 5.56 Å². The molecule has 3 aliphatic heterocycles. The molecule has 3 saturated heterocycles. The number of amides is 4. The lowest BCUT2D eigenvalue weighted by Crippen LogP contribution is -2.58. The van der Waals surface area contributed by atoms with E-state index < -0.39 is 36.2 Å². The van der Waals surface area contributed by atoms with Crippen LogP contribution in [0, 0.1) is 0 Å². The first kappa shape index (κ1) is 31.3. The van der Waals surface area contributed by atoms with E-state index in [0.29, 0.717) is 59.0 Å². The second kappa shape index (κ2) is 14.0. The van der Waals surface area contributed by atoms with E-state index >= 15 is 0 Å². The zero-order valence-electron chi connectivity index (χ0n) is 24.9. The molecule has 0 aliphatic carbocycles. The summed E-state index contributed by atoms with van der Waals surface area (Å²) in [5, 5.41) is 5.92. The number of ether oxygens (including phenoxy) is 2. The molecule has 2 N–H and O–H groups in total. The smallest absolute Gasteiger partial charge is 0.402 e. The van der Waals surface area contributed by atoms with Crippen LogP contribution in [0.15, 0.2) is 30.3 Å². The van der Waals surface area contributed by atoms with Gasteiger partial charge in [0, 0.05) is 26.2 Å². The molecule has 11 nitrogen and oxygen atoms in total. The van der Waals surface area contributed by atoms with Gasteiger partial charge < -0.3 is 39.2 Å². The van der Waals surface area contributed by atoms with Crippen LogP contribution in [0.5, 0.6) is 0 Å². The molecule has 12 heteroatoms. The van der Waals surface area contributed by atoms with Gasteiger partial charge in [0.1, 0.15) is 6.04 Å². The molecule has 0 saturated carbocycles. The number of nitrogens with one attached hydrogen (secondary N) is 2. The first-order valence-corrected chi connectivity index (χ1v) is 14.7. The molecule has 0 aromatic heterocycles. The number of rotatable bonds is 10. The molecule has 2 atom stereocenters. The van der Waals surface area contributed by atoms with Crippen LogP contribution in [0.2, 0.25) is 0 Å². The minimum atomic E-state index is -1.06. The third-order valence-electron chi connectivity index (χ3n) is 8.41. The Labute approximate surface area is 243 Å². The first-order valence-electron chi connectivity index (χ1n) is 14.7. The molecule has 1 aromatic carbocycles. The number of carbonyl (C=O) groups excluding carboxylic acids is 3. The van der Waals surface area contributed by atoms with E-state index in [1.807, 2.05) is 45.9 Å². The number of urea groups is 1. The lowest BCUT2D eigenvalue weighted by Gasteiger charge is -2.32. The average molecular weight is 573 g/mol. The zero-order chi connectivity index (χ0) is 29.5. The molecule has 3 aliphatic rings. The molecule has 1 aromatic rings. The van der Waals surface area contributed by atoms with Gasteiger partial charge in [-0.25, -0.2) is 4.79 Å². The Bertz CT molecular complexity index is 981. The molecule has 3 fully saturated rings. The lowest BCUT2D eigenvalue weighted by atomic mass is 9.75. The summed E-state index contributed by atoms with van der Waals surface area (Å²) >= 11 is 0. The highest BCUT2D eigenvalue weighted by Crippen LogP contribution is 2.38. The molecule has 41 heavy (non-hydrogen) atoms. The number of hydrogen-bond donors (Lipinski definition) is 2. The van der Waals surface area contributed by atoms with Gasteiger partial charge in [-0.05, 0) is 52.5 Å². The summed E-state index contributed by atoms with van der Waals surface area (Å²) in [6.45, 7) is 11.4. The molecule has 0 spiro atoms. The molecule has 0 bridgehead atoms. The first-order chi connectivity index (χ1) is 19.6. The van der Waals surface area contributed by atoms with E-state index in [-0.39, 0.29) is 18.4 Å². The number of carbonyl (C=O) groups is 3. The van der Waals surface area contributed by atoms with Crippen molar-refractivity contribution in [2.45, 2.75) is 76.6 Å². The van der Waals surface area contributed by atoms with E-state index in [9.17, 15) is 14.4 Å². The highest BCUT2D eigenvalue weighted by atomic mass is 16.7. The minimum Gasteiger partial charge on any atom is -0.402 e. The van der Waals surface area contributed by atoms with Crippen LogP contribution in [0.3, 0.4) is 0 Å². The molecule has 3 heterocycles. The zero-order valence-corrected chi connectivity index (χ0v) is 24.9. The van der Waals surface area contributed by atoms with Crippen molar-refractivity contribution >= 4 is 25.0 Å². The second-order valence-electron chi connectivity index (χ2n) is 11.9. The third-order valence-corrected chi connectivity index (χ3v) is 8.41. The van der Waals surface area contributed by atoms with Crippen molar-refractivity contribution in [1.29, 1.82) is 0 Å². The number of hydrogen-bond acceptors (Lipinski definition) is 7. The molecule has 0 radical (unpaired) electrons. The fraction of sp³-hybridized carbons (Fsp3) is 0.690. The fourth-order valence-corrected chi connectivity index (χ4v) is 5.12. The fourth-order valence-electron chi connectivity index (χ4n) is 5.12. The Kier molecular flexibility index (Phi) is 10.7. The Morgan fingerprint density at radius 2 is 1.41 bits per heavy atom. The van der Waals surface area contributed by atoms with E-state index in [2.05, 4.69) is 22.8 Å². The molecule has 226 valence electrons. The second-order valence-corrected chi connectivity index (χ2v) is 11.9. The Hall–Kier alpha value is -2.67. The predicted octanol–water partition coefficient (Wildman–Crippen LogP) is 1.78. The Balaban J connectivity index is 1.48. The summed E-state index contributed by atoms with van der Waals surface area (Å²) in [7, 11) is -0.676. The highest BCUT2D eigenvalue weighted by Gasteiger charge is 2.54. The summed E-state index contributed by atoms with van der Waals surface area (Å²) < 4.78 is 23.4. The SMILES string of the molecule is CC1(C)OB([C@H](CCCc2ccccc2)NC(=O)[C@@H](CC(=O)N2CCOCC2)NC(=O)N2CCOCC2)OC1(C)C. The summed E-state index contributed by atoms with van der Waals surface area (Å²) in [5.41, 5.74) is 0.0605. The van der Waals surface area contributed by atoms with Gasteiger partial charge in [0.05, 0.1) is 50.0 Å². The van der Waals surface area contributed by atoms with Crippen LogP contribution in [0.4, 0.5) is 4.79 Å². The van der Waals surface area contributed by atoms with Gasteiger partial charge in [-0.1, -0.05) is 30.3 Å². The third kappa shape index (κ3) is 8.44. The predicted molar refractivity (Wildman–Crippen MR) is 154 cm³/mol. The van der Waals surface area contributed by atoms with Gasteiger partial charge in [0.15, 0.2) is 0 Å². The molecular weight excluding hydrogens is 527 g/mol. The maximum Gasteiger partial charge on any atom is 0.481 e. The summed E-state index contributed by atoms with van der Waals surface area (Å²) in [6.07, 6.45) is 2.07. The van der Waals surface area contributed by atoms with Gasteiger partial charge in [0.25, 0.3) is 0 Å². The van der Waals surface area contributed by atoms with Gasteiger partial charge in [-0.3, -0.25) is 9.59 Å². The Morgan fingerprint density at radius 1 is 0.854 bits per heavy atom. The molecular formula is C29H45BN4O7. The van der Waals surface area contributed by atoms with Crippen molar-refractivity contribution in [3.63, 3.8) is 0 Å². The van der Waals surface area contributed by atoms with Crippen molar-refractivity contribution in [1.82, 2.24) is 20.4 Å². The quantitative estimate of drug-likeness (QED) is 0.411. The largest absolute Gasteiger partial charge is 0.481 e. The van der Waals surface area contributed by atoms with Gasteiger partial charge in [-0.2, -0.15) is 0 Å². The van der Waals surface area contributed by atoms with E-state index in [0.717, 1.165) is 12.8 Å². The summed E-state index contributed by atoms with van der Waals surface area (Å²) in [6, 6.07) is 8.72. The number of aryl methyl sites for hydroxylation is 1. The van der Waals surface area contributed by atoms with Crippen molar-refractivity contribution in [3.8, 4) is 0 Å². The average Bonchev–Trinajstić information content (AvgIpc) is 3.19. The number of benzene rings is 1. The van der Waals surface area contributed by atoms with Gasteiger partial charge >= 0.3 is 13.1 Å². The monoisotopic (exact) mass is 572 g/mol. The number of morpholine rings is 2. The maximum absolute atomic E-state index is 13.8. The normalized spacial score (nSPS) is 21.7. The molecule has 4 rings (SSSR count). The van der Waals surface area contributed by atoms with Crippen molar-refractivity contribution in [2.24, 2.45) is 0 Å². The van der Waals surface area contributed by atoms with Crippen molar-refractivity contribution in [3.05, 3.63) is 35.9 Å². The van der Waals surface area contributed by atoms with Crippen LogP contribution >= 0.6 is 0 Å². The van der Waals surface area contributed by atoms with Crippen LogP contribution in [0.25, 0.3) is 0 Å². The standard InChI is InChI=1S/C29H45BN4O7/c1-28(2)29(3,4)41-30(40-28)24(12-8-11-22-9-6-5-7-10-22)32-26(36)23(21-25(35)33-13-17-38-18-14-33)31-27(37)34-15-19-39-20-16-34/h5-7,9-10,23-24H,8,11-21H2,1-4H3,(H,31,37)(H,32,36)/t23-,24+/m1/s1. The Morgan fingerprint density at radius 3 is 2.00 bits per heavy atom. The topological polar surface area (TPSA) is 119 Å². The highest BCUT2D eigenvalue weighted by molar-refractivity contribution is 6.48. The van der Waals surface area contributed by atoms with Crippen LogP contribution < -0.4 is 10.6 Å². The lowest BCUT2D eigenvalue weighted by molar-refractivity contribution is -0.138. The van der Waals surface area contributed by atoms with Crippen molar-refractivity contribution in [2.75, 3.05) is 52.6 Å². The van der Waals surface area contributed by atoms with Crippen LogP contribution in [0.1, 0.15) is 52.5 Å². The minimum absolute atomic E-state index is 0.151. The summed E-state index contributed by atoms with van der Waals surface area (Å²) in [5.74, 6) is -1.12.